The second-order valence-electron chi connectivity index (χ2n) is 3.48. The van der Waals surface area contributed by atoms with Crippen LogP contribution in [-0.4, -0.2) is 18.1 Å². The minimum atomic E-state index is -0.531. The molecule has 0 N–H and O–H groups in total. The van der Waals surface area contributed by atoms with Gasteiger partial charge in [0.2, 0.25) is 6.20 Å². The van der Waals surface area contributed by atoms with Crippen molar-refractivity contribution in [3.63, 3.8) is 0 Å². The molecule has 0 spiro atoms. The van der Waals surface area contributed by atoms with Crippen molar-refractivity contribution in [2.75, 3.05) is 13.2 Å². The molecule has 1 aromatic rings. The van der Waals surface area contributed by atoms with Gasteiger partial charge in [0.25, 0.3) is 0 Å². The van der Waals surface area contributed by atoms with E-state index in [4.69, 9.17) is 21.1 Å². The van der Waals surface area contributed by atoms with Gasteiger partial charge in [-0.05, 0) is 17.7 Å². The Balaban J connectivity index is 2.35. The van der Waals surface area contributed by atoms with E-state index in [1.165, 1.54) is 6.08 Å². The summed E-state index contributed by atoms with van der Waals surface area (Å²) in [5.74, 6) is 1.03. The Kier molecular flexibility index (Phi) is 3.49. The molecule has 1 aliphatic rings. The maximum absolute atomic E-state index is 10.2. The molecule has 0 bridgehead atoms. The molecule has 0 unspecified atom stereocenters. The quantitative estimate of drug-likeness (QED) is 0.602. The number of rotatable bonds is 2. The lowest BCUT2D eigenvalue weighted by atomic mass is 10.2. The molecule has 5 nitrogen and oxygen atoms in total. The fraction of sp³-hybridized carbons (Fsp3) is 0.273. The molecule has 0 aromatic heterocycles. The maximum Gasteiger partial charge on any atom is 0.235 e. The summed E-state index contributed by atoms with van der Waals surface area (Å²) in [6.45, 7) is 1.10. The molecule has 2 rings (SSSR count). The summed E-state index contributed by atoms with van der Waals surface area (Å²) in [6, 6.07) is 3.28. The third-order valence-electron chi connectivity index (χ3n) is 2.21. The predicted octanol–water partition coefficient (Wildman–Crippen LogP) is 2.75. The van der Waals surface area contributed by atoms with E-state index in [0.717, 1.165) is 12.6 Å². The van der Waals surface area contributed by atoms with Crippen LogP contribution < -0.4 is 9.47 Å². The van der Waals surface area contributed by atoms with Crippen LogP contribution in [0.15, 0.2) is 18.3 Å². The lowest BCUT2D eigenvalue weighted by Gasteiger charge is -2.09. The molecule has 1 aromatic carbocycles. The van der Waals surface area contributed by atoms with Gasteiger partial charge in [0, 0.05) is 12.5 Å². The van der Waals surface area contributed by atoms with Crippen LogP contribution in [0.5, 0.6) is 11.5 Å². The smallest absolute Gasteiger partial charge is 0.235 e. The van der Waals surface area contributed by atoms with Crippen LogP contribution in [0.25, 0.3) is 6.08 Å². The Morgan fingerprint density at radius 1 is 1.35 bits per heavy atom. The van der Waals surface area contributed by atoms with Crippen LogP contribution in [0.4, 0.5) is 0 Å². The van der Waals surface area contributed by atoms with E-state index in [1.54, 1.807) is 12.1 Å². The first kappa shape index (κ1) is 11.7. The summed E-state index contributed by atoms with van der Waals surface area (Å²) >= 11 is 6.03. The summed E-state index contributed by atoms with van der Waals surface area (Å²) in [7, 11) is 0. The number of hydrogen-bond acceptors (Lipinski definition) is 4. The van der Waals surface area contributed by atoms with Crippen molar-refractivity contribution < 1.29 is 14.4 Å². The molecule has 0 saturated carbocycles. The van der Waals surface area contributed by atoms with Gasteiger partial charge in [-0.2, -0.15) is 0 Å². The largest absolute Gasteiger partial charge is 0.489 e. The van der Waals surface area contributed by atoms with Gasteiger partial charge in [-0.15, -0.1) is 0 Å². The number of ether oxygens (including phenoxy) is 2. The van der Waals surface area contributed by atoms with Gasteiger partial charge in [0.05, 0.1) is 23.2 Å². The molecule has 1 heterocycles. The molecule has 17 heavy (non-hydrogen) atoms. The molecule has 0 aliphatic carbocycles. The third-order valence-corrected chi connectivity index (χ3v) is 2.49. The van der Waals surface area contributed by atoms with Crippen molar-refractivity contribution in [3.8, 4) is 11.5 Å². The number of fused-ring (bicyclic) bond motifs is 1. The van der Waals surface area contributed by atoms with E-state index in [0.29, 0.717) is 35.3 Å². The molecule has 6 heteroatoms. The van der Waals surface area contributed by atoms with Gasteiger partial charge in [-0.3, -0.25) is 10.1 Å². The van der Waals surface area contributed by atoms with E-state index >= 15 is 0 Å². The number of benzene rings is 1. The van der Waals surface area contributed by atoms with Crippen LogP contribution in [0.2, 0.25) is 5.02 Å². The van der Waals surface area contributed by atoms with Gasteiger partial charge in [-0.25, -0.2) is 0 Å². The van der Waals surface area contributed by atoms with E-state index < -0.39 is 4.92 Å². The van der Waals surface area contributed by atoms with Gasteiger partial charge in [0.1, 0.15) is 0 Å². The molecule has 90 valence electrons. The van der Waals surface area contributed by atoms with Gasteiger partial charge < -0.3 is 9.47 Å². The van der Waals surface area contributed by atoms with Gasteiger partial charge >= 0.3 is 0 Å². The number of hydrogen-bond donors (Lipinski definition) is 0. The van der Waals surface area contributed by atoms with Crippen LogP contribution in [0, 0.1) is 10.1 Å². The predicted molar refractivity (Wildman–Crippen MR) is 63.1 cm³/mol. The zero-order valence-electron chi connectivity index (χ0n) is 8.89. The van der Waals surface area contributed by atoms with Crippen molar-refractivity contribution in [2.45, 2.75) is 6.42 Å². The molecule has 0 atom stereocenters. The normalized spacial score (nSPS) is 14.6. The number of halogens is 1. The lowest BCUT2D eigenvalue weighted by Crippen LogP contribution is -1.97. The molecule has 0 fully saturated rings. The average Bonchev–Trinajstić information content (AvgIpc) is 2.51. The second kappa shape index (κ2) is 5.05. The minimum Gasteiger partial charge on any atom is -0.489 e. The third kappa shape index (κ3) is 2.88. The van der Waals surface area contributed by atoms with E-state index in [-0.39, 0.29) is 0 Å². The average molecular weight is 256 g/mol. The summed E-state index contributed by atoms with van der Waals surface area (Å²) in [5, 5.41) is 10.6. The minimum absolute atomic E-state index is 0.396. The van der Waals surface area contributed by atoms with Gasteiger partial charge in [-0.1, -0.05) is 11.6 Å². The van der Waals surface area contributed by atoms with Crippen molar-refractivity contribution in [1.29, 1.82) is 0 Å². The molecular weight excluding hydrogens is 246 g/mol. The van der Waals surface area contributed by atoms with E-state index in [9.17, 15) is 10.1 Å². The monoisotopic (exact) mass is 255 g/mol. The fourth-order valence-corrected chi connectivity index (χ4v) is 1.77. The van der Waals surface area contributed by atoms with Crippen molar-refractivity contribution in [2.24, 2.45) is 0 Å². The van der Waals surface area contributed by atoms with Crippen LogP contribution in [0.3, 0.4) is 0 Å². The Labute approximate surface area is 103 Å². The molecule has 0 amide bonds. The number of nitrogens with zero attached hydrogens (tertiary/aromatic N) is 1. The molecular formula is C11H10ClNO4. The summed E-state index contributed by atoms with van der Waals surface area (Å²) in [4.78, 5) is 9.70. The van der Waals surface area contributed by atoms with Crippen molar-refractivity contribution in [1.82, 2.24) is 0 Å². The molecule has 0 saturated heterocycles. The van der Waals surface area contributed by atoms with Crippen LogP contribution >= 0.6 is 11.6 Å². The van der Waals surface area contributed by atoms with Crippen molar-refractivity contribution >= 4 is 17.7 Å². The van der Waals surface area contributed by atoms with Crippen LogP contribution in [0.1, 0.15) is 12.0 Å². The topological polar surface area (TPSA) is 61.6 Å². The first-order valence-electron chi connectivity index (χ1n) is 5.07. The Hall–Kier alpha value is -1.75. The summed E-state index contributed by atoms with van der Waals surface area (Å²) < 4.78 is 10.9. The molecule has 0 radical (unpaired) electrons. The highest BCUT2D eigenvalue weighted by Crippen LogP contribution is 2.38. The summed E-state index contributed by atoms with van der Waals surface area (Å²) in [6.07, 6.45) is 3.00. The first-order valence-corrected chi connectivity index (χ1v) is 5.45. The highest BCUT2D eigenvalue weighted by molar-refractivity contribution is 6.32. The maximum atomic E-state index is 10.2. The number of nitro groups is 1. The Morgan fingerprint density at radius 3 is 2.88 bits per heavy atom. The fourth-order valence-electron chi connectivity index (χ4n) is 1.49. The lowest BCUT2D eigenvalue weighted by molar-refractivity contribution is -0.400. The van der Waals surface area contributed by atoms with Crippen molar-refractivity contribution in [3.05, 3.63) is 39.0 Å². The summed E-state index contributed by atoms with van der Waals surface area (Å²) in [5.41, 5.74) is 0.607. The zero-order valence-corrected chi connectivity index (χ0v) is 9.64. The highest BCUT2D eigenvalue weighted by Gasteiger charge is 2.14. The second-order valence-corrected chi connectivity index (χ2v) is 3.89. The Bertz CT molecular complexity index is 473. The molecule has 1 aliphatic heterocycles. The highest BCUT2D eigenvalue weighted by atomic mass is 35.5. The standard InChI is InChI=1S/C11H10ClNO4/c12-9-6-8(2-3-13(14)15)7-10-11(9)17-5-1-4-16-10/h2-3,6-7H,1,4-5H2. The van der Waals surface area contributed by atoms with Gasteiger partial charge in [0.15, 0.2) is 11.5 Å². The Morgan fingerprint density at radius 2 is 2.12 bits per heavy atom. The SMILES string of the molecule is O=[N+]([O-])C=Cc1cc(Cl)c2c(c1)OCCCO2. The van der Waals surface area contributed by atoms with E-state index in [2.05, 4.69) is 0 Å². The zero-order chi connectivity index (χ0) is 12.3. The van der Waals surface area contributed by atoms with E-state index in [1.807, 2.05) is 0 Å². The first-order chi connectivity index (χ1) is 8.16. The van der Waals surface area contributed by atoms with Crippen LogP contribution in [-0.2, 0) is 0 Å².